The molecule has 2 fully saturated rings. The highest BCUT2D eigenvalue weighted by Gasteiger charge is 2.34. The first-order valence-electron chi connectivity index (χ1n) is 13.4. The minimum atomic E-state index is -4.20. The van der Waals surface area contributed by atoms with Crippen molar-refractivity contribution < 1.29 is 26.8 Å². The zero-order valence-electron chi connectivity index (χ0n) is 22.7. The van der Waals surface area contributed by atoms with Gasteiger partial charge in [-0.05, 0) is 73.6 Å². The van der Waals surface area contributed by atoms with Gasteiger partial charge in [0, 0.05) is 44.6 Å². The number of rotatable bonds is 7. The fraction of sp³-hybridized carbons (Fsp3) is 0.345. The lowest BCUT2D eigenvalue weighted by Crippen LogP contribution is -2.41. The second-order valence-electron chi connectivity index (χ2n) is 10.5. The van der Waals surface area contributed by atoms with E-state index in [1.54, 1.807) is 31.0 Å². The number of amides is 2. The predicted molar refractivity (Wildman–Crippen MR) is 149 cm³/mol. The van der Waals surface area contributed by atoms with E-state index >= 15 is 0 Å². The smallest absolute Gasteiger partial charge is 0.258 e. The van der Waals surface area contributed by atoms with Gasteiger partial charge in [-0.1, -0.05) is 12.1 Å². The number of carbonyl (C=O) groups excluding carboxylic acids is 2. The number of aryl methyl sites for hydroxylation is 1. The number of aromatic nitrogens is 1. The van der Waals surface area contributed by atoms with Crippen molar-refractivity contribution in [3.63, 3.8) is 0 Å². The maximum Gasteiger partial charge on any atom is 0.258 e. The van der Waals surface area contributed by atoms with Crippen LogP contribution in [0.5, 0.6) is 0 Å². The maximum atomic E-state index is 13.7. The monoisotopic (exact) mass is 583 g/mol. The normalized spacial score (nSPS) is 18.1. The Bertz CT molecular complexity index is 1570. The van der Waals surface area contributed by atoms with Crippen LogP contribution in [0.15, 0.2) is 59.8 Å². The van der Waals surface area contributed by atoms with Crippen molar-refractivity contribution in [3.8, 4) is 0 Å². The Morgan fingerprint density at radius 1 is 0.951 bits per heavy atom. The van der Waals surface area contributed by atoms with Gasteiger partial charge in [0.2, 0.25) is 5.91 Å². The van der Waals surface area contributed by atoms with E-state index in [9.17, 15) is 26.8 Å². The van der Waals surface area contributed by atoms with Gasteiger partial charge in [-0.15, -0.1) is 0 Å². The molecule has 3 heterocycles. The first-order valence-corrected chi connectivity index (χ1v) is 14.9. The number of nitrogens with zero attached hydrogens (tertiary/aromatic N) is 3. The number of likely N-dealkylation sites (N-methyl/N-ethyl adjacent to an activating group) is 1. The quantitative estimate of drug-likeness (QED) is 0.436. The van der Waals surface area contributed by atoms with E-state index in [1.807, 2.05) is 0 Å². The van der Waals surface area contributed by atoms with E-state index in [0.29, 0.717) is 50.1 Å². The van der Waals surface area contributed by atoms with Crippen LogP contribution in [0.3, 0.4) is 0 Å². The molecule has 2 saturated heterocycles. The molecule has 0 saturated carbocycles. The summed E-state index contributed by atoms with van der Waals surface area (Å²) < 4.78 is 55.9. The molecule has 2 aliphatic heterocycles. The first-order chi connectivity index (χ1) is 19.5. The lowest BCUT2D eigenvalue weighted by molar-refractivity contribution is -0.127. The molecule has 2 aliphatic rings. The summed E-state index contributed by atoms with van der Waals surface area (Å²) in [5.74, 6) is -1.20. The van der Waals surface area contributed by atoms with Gasteiger partial charge in [0.25, 0.3) is 15.9 Å². The highest BCUT2D eigenvalue weighted by atomic mass is 32.2. The van der Waals surface area contributed by atoms with E-state index in [4.69, 9.17) is 0 Å². The Labute approximate surface area is 237 Å². The molecule has 41 heavy (non-hydrogen) atoms. The molecule has 216 valence electrons. The Balaban J connectivity index is 1.41. The number of benzene rings is 2. The Kier molecular flexibility index (Phi) is 8.05. The molecule has 1 aromatic heterocycles. The summed E-state index contributed by atoms with van der Waals surface area (Å²) in [5, 5.41) is 2.74. The average Bonchev–Trinajstić information content (AvgIpc) is 3.26. The van der Waals surface area contributed by atoms with Gasteiger partial charge in [-0.25, -0.2) is 22.2 Å². The summed E-state index contributed by atoms with van der Waals surface area (Å²) in [4.78, 5) is 33.2. The SMILES string of the molecule is Cc1cc(F)ccc1Nc1cc(S(=O)(=O)NC2CCN(C)C2=O)ncc1C(=O)N1CCC(c2ccc(F)cc2)CC1. The van der Waals surface area contributed by atoms with Crippen LogP contribution in [0.2, 0.25) is 0 Å². The van der Waals surface area contributed by atoms with Gasteiger partial charge < -0.3 is 15.1 Å². The molecule has 2 N–H and O–H groups in total. The van der Waals surface area contributed by atoms with E-state index < -0.39 is 21.9 Å². The Morgan fingerprint density at radius 2 is 1.63 bits per heavy atom. The summed E-state index contributed by atoms with van der Waals surface area (Å²) in [7, 11) is -2.60. The highest BCUT2D eigenvalue weighted by molar-refractivity contribution is 7.89. The topological polar surface area (TPSA) is 112 Å². The number of halogens is 2. The van der Waals surface area contributed by atoms with Crippen LogP contribution in [0.4, 0.5) is 20.2 Å². The van der Waals surface area contributed by atoms with E-state index in [0.717, 1.165) is 5.56 Å². The second kappa shape index (κ2) is 11.5. The number of sulfonamides is 1. The van der Waals surface area contributed by atoms with Crippen molar-refractivity contribution >= 4 is 33.2 Å². The molecule has 5 rings (SSSR count). The van der Waals surface area contributed by atoms with Crippen LogP contribution in [0, 0.1) is 18.6 Å². The number of nitrogens with one attached hydrogen (secondary N) is 2. The van der Waals surface area contributed by atoms with Gasteiger partial charge in [-0.3, -0.25) is 9.59 Å². The molecule has 3 aromatic rings. The number of anilines is 2. The largest absolute Gasteiger partial charge is 0.355 e. The molecular formula is C29H31F2N5O4S. The van der Waals surface area contributed by atoms with Crippen LogP contribution >= 0.6 is 0 Å². The first kappa shape index (κ1) is 28.6. The Hall–Kier alpha value is -3.90. The maximum absolute atomic E-state index is 13.7. The molecule has 12 heteroatoms. The Morgan fingerprint density at radius 3 is 2.27 bits per heavy atom. The zero-order chi connectivity index (χ0) is 29.3. The van der Waals surface area contributed by atoms with Gasteiger partial charge in [0.15, 0.2) is 5.03 Å². The molecule has 9 nitrogen and oxygen atoms in total. The number of pyridine rings is 1. The van der Waals surface area contributed by atoms with Gasteiger partial charge in [-0.2, -0.15) is 4.72 Å². The van der Waals surface area contributed by atoms with Gasteiger partial charge in [0.05, 0.1) is 11.3 Å². The zero-order valence-corrected chi connectivity index (χ0v) is 23.5. The van der Waals surface area contributed by atoms with Crippen molar-refractivity contribution in [2.75, 3.05) is 32.0 Å². The molecule has 0 spiro atoms. The summed E-state index contributed by atoms with van der Waals surface area (Å²) in [5.41, 5.74) is 2.41. The summed E-state index contributed by atoms with van der Waals surface area (Å²) >= 11 is 0. The van der Waals surface area contributed by atoms with Crippen LogP contribution < -0.4 is 10.0 Å². The lowest BCUT2D eigenvalue weighted by atomic mass is 9.89. The molecule has 2 aromatic carbocycles. The van der Waals surface area contributed by atoms with Crippen LogP contribution in [-0.2, 0) is 14.8 Å². The highest BCUT2D eigenvalue weighted by Crippen LogP contribution is 2.31. The summed E-state index contributed by atoms with van der Waals surface area (Å²) in [6, 6.07) is 10.8. The van der Waals surface area contributed by atoms with Crippen LogP contribution in [-0.4, -0.2) is 67.7 Å². The van der Waals surface area contributed by atoms with Crippen molar-refractivity contribution in [1.29, 1.82) is 0 Å². The summed E-state index contributed by atoms with van der Waals surface area (Å²) in [6.07, 6.45) is 2.92. The number of hydrogen-bond acceptors (Lipinski definition) is 6. The third-order valence-corrected chi connectivity index (χ3v) is 9.06. The molecule has 0 aliphatic carbocycles. The molecule has 2 amide bonds. The second-order valence-corrected chi connectivity index (χ2v) is 12.2. The van der Waals surface area contributed by atoms with Crippen molar-refractivity contribution in [3.05, 3.63) is 83.1 Å². The molecular weight excluding hydrogens is 552 g/mol. The van der Waals surface area contributed by atoms with Crippen molar-refractivity contribution in [2.45, 2.75) is 43.2 Å². The lowest BCUT2D eigenvalue weighted by Gasteiger charge is -2.32. The fourth-order valence-electron chi connectivity index (χ4n) is 5.27. The van der Waals surface area contributed by atoms with E-state index in [-0.39, 0.29) is 39.8 Å². The minimum Gasteiger partial charge on any atom is -0.355 e. The number of piperidine rings is 1. The van der Waals surface area contributed by atoms with E-state index in [2.05, 4.69) is 15.0 Å². The standard InChI is InChI=1S/C29H31F2N5O4S/c1-18-15-22(31)7-8-24(18)33-26-16-27(41(39,40)34-25-11-12-35(2)29(25)38)32-17-23(26)28(37)36-13-9-20(10-14-36)19-3-5-21(30)6-4-19/h3-8,15-17,20,25,34H,9-14H2,1-2H3,(H,32,33). The van der Waals surface area contributed by atoms with Gasteiger partial charge in [0.1, 0.15) is 17.7 Å². The predicted octanol–water partition coefficient (Wildman–Crippen LogP) is 3.94. The van der Waals surface area contributed by atoms with Crippen molar-refractivity contribution in [2.24, 2.45) is 0 Å². The third-order valence-electron chi connectivity index (χ3n) is 7.69. The fourth-order valence-corrected chi connectivity index (χ4v) is 6.45. The van der Waals surface area contributed by atoms with Gasteiger partial charge >= 0.3 is 0 Å². The molecule has 1 atom stereocenters. The van der Waals surface area contributed by atoms with Crippen LogP contribution in [0.25, 0.3) is 0 Å². The van der Waals surface area contributed by atoms with E-state index in [1.165, 1.54) is 47.5 Å². The van der Waals surface area contributed by atoms with Crippen LogP contribution in [0.1, 0.15) is 46.7 Å². The molecule has 1 unspecified atom stereocenters. The summed E-state index contributed by atoms with van der Waals surface area (Å²) in [6.45, 7) is 3.03. The molecule has 0 bridgehead atoms. The van der Waals surface area contributed by atoms with Crippen molar-refractivity contribution in [1.82, 2.24) is 19.5 Å². The number of hydrogen-bond donors (Lipinski definition) is 2. The third kappa shape index (κ3) is 6.23. The minimum absolute atomic E-state index is 0.157. The average molecular weight is 584 g/mol. The number of carbonyl (C=O) groups is 2. The number of likely N-dealkylation sites (tertiary alicyclic amines) is 2. The molecule has 0 radical (unpaired) electrons.